The minimum atomic E-state index is -1.63. The summed E-state index contributed by atoms with van der Waals surface area (Å²) in [6.07, 6.45) is 0. The molecule has 0 unspecified atom stereocenters. The second-order valence-electron chi connectivity index (χ2n) is 6.16. The Morgan fingerprint density at radius 1 is 1.00 bits per heavy atom. The molecule has 3 rings (SSSR count). The summed E-state index contributed by atoms with van der Waals surface area (Å²) in [7, 11) is 0. The first-order chi connectivity index (χ1) is 11.8. The van der Waals surface area contributed by atoms with Crippen LogP contribution in [0.3, 0.4) is 0 Å². The van der Waals surface area contributed by atoms with E-state index in [9.17, 15) is 18.0 Å². The maximum absolute atomic E-state index is 13.8. The van der Waals surface area contributed by atoms with Gasteiger partial charge < -0.3 is 14.8 Å². The van der Waals surface area contributed by atoms with Crippen LogP contribution in [0.1, 0.15) is 19.4 Å². The normalized spacial score (nSPS) is 13.5. The smallest absolute Gasteiger partial charge is 0.234 e. The SMILES string of the molecule is CC(C)(C(=O)Nc1ccc(F)c(F)c1F)c1ccc2c(c1)OCCO2. The van der Waals surface area contributed by atoms with Gasteiger partial charge in [-0.1, -0.05) is 6.07 Å². The van der Waals surface area contributed by atoms with E-state index in [1.165, 1.54) is 0 Å². The number of carbonyl (C=O) groups excluding carboxylic acids is 1. The molecule has 0 aliphatic carbocycles. The van der Waals surface area contributed by atoms with Crippen LogP contribution in [-0.2, 0) is 10.2 Å². The molecule has 2 aromatic carbocycles. The highest BCUT2D eigenvalue weighted by Crippen LogP contribution is 2.36. The number of nitrogens with one attached hydrogen (secondary N) is 1. The van der Waals surface area contributed by atoms with Crippen LogP contribution in [0, 0.1) is 17.5 Å². The fraction of sp³-hybridized carbons (Fsp3) is 0.278. The van der Waals surface area contributed by atoms with Gasteiger partial charge in [0.2, 0.25) is 5.91 Å². The van der Waals surface area contributed by atoms with Gasteiger partial charge in [-0.15, -0.1) is 0 Å². The highest BCUT2D eigenvalue weighted by atomic mass is 19.2. The number of hydrogen-bond donors (Lipinski definition) is 1. The molecule has 25 heavy (non-hydrogen) atoms. The van der Waals surface area contributed by atoms with Crippen molar-refractivity contribution in [1.82, 2.24) is 0 Å². The second-order valence-corrected chi connectivity index (χ2v) is 6.16. The molecule has 1 heterocycles. The minimum Gasteiger partial charge on any atom is -0.486 e. The van der Waals surface area contributed by atoms with Crippen molar-refractivity contribution < 1.29 is 27.4 Å². The summed E-state index contributed by atoms with van der Waals surface area (Å²) in [6, 6.07) is 6.80. The van der Waals surface area contributed by atoms with Gasteiger partial charge in [0, 0.05) is 0 Å². The van der Waals surface area contributed by atoms with Gasteiger partial charge in [0.05, 0.1) is 11.1 Å². The Bertz CT molecular complexity index is 837. The van der Waals surface area contributed by atoms with Gasteiger partial charge in [-0.3, -0.25) is 4.79 Å². The minimum absolute atomic E-state index is 0.406. The summed E-state index contributed by atoms with van der Waals surface area (Å²) in [5, 5.41) is 2.30. The Kier molecular flexibility index (Phi) is 4.32. The van der Waals surface area contributed by atoms with E-state index in [4.69, 9.17) is 9.47 Å². The van der Waals surface area contributed by atoms with Gasteiger partial charge in [0.15, 0.2) is 29.0 Å². The van der Waals surface area contributed by atoms with Gasteiger partial charge in [-0.25, -0.2) is 13.2 Å². The molecular weight excluding hydrogens is 335 g/mol. The number of benzene rings is 2. The maximum Gasteiger partial charge on any atom is 0.234 e. The lowest BCUT2D eigenvalue weighted by atomic mass is 9.83. The van der Waals surface area contributed by atoms with E-state index in [0.717, 1.165) is 12.1 Å². The van der Waals surface area contributed by atoms with E-state index in [1.54, 1.807) is 32.0 Å². The van der Waals surface area contributed by atoms with Gasteiger partial charge in [0.1, 0.15) is 13.2 Å². The molecule has 0 saturated heterocycles. The molecular formula is C18H16F3NO3. The summed E-state index contributed by atoms with van der Waals surface area (Å²) >= 11 is 0. The van der Waals surface area contributed by atoms with Crippen LogP contribution < -0.4 is 14.8 Å². The molecule has 2 aromatic rings. The third-order valence-electron chi connectivity index (χ3n) is 4.11. The summed E-state index contributed by atoms with van der Waals surface area (Å²) in [4.78, 5) is 12.6. The number of ether oxygens (including phenoxy) is 2. The number of anilines is 1. The Morgan fingerprint density at radius 2 is 1.68 bits per heavy atom. The van der Waals surface area contributed by atoms with Crippen LogP contribution >= 0.6 is 0 Å². The van der Waals surface area contributed by atoms with Crippen LogP contribution in [0.5, 0.6) is 11.5 Å². The summed E-state index contributed by atoms with van der Waals surface area (Å²) in [5.74, 6) is -3.86. The zero-order valence-electron chi connectivity index (χ0n) is 13.7. The van der Waals surface area contributed by atoms with E-state index < -0.39 is 34.5 Å². The molecule has 0 saturated carbocycles. The number of fused-ring (bicyclic) bond motifs is 1. The number of carbonyl (C=O) groups is 1. The Balaban J connectivity index is 1.87. The number of hydrogen-bond acceptors (Lipinski definition) is 3. The lowest BCUT2D eigenvalue weighted by Crippen LogP contribution is -2.35. The fourth-order valence-corrected chi connectivity index (χ4v) is 2.46. The average molecular weight is 351 g/mol. The second kappa shape index (κ2) is 6.31. The largest absolute Gasteiger partial charge is 0.486 e. The van der Waals surface area contributed by atoms with Gasteiger partial charge in [-0.2, -0.15) is 0 Å². The zero-order valence-corrected chi connectivity index (χ0v) is 13.7. The lowest BCUT2D eigenvalue weighted by Gasteiger charge is -2.26. The Hall–Kier alpha value is -2.70. The van der Waals surface area contributed by atoms with E-state index in [1.807, 2.05) is 0 Å². The van der Waals surface area contributed by atoms with Crippen molar-refractivity contribution in [2.75, 3.05) is 18.5 Å². The Morgan fingerprint density at radius 3 is 2.40 bits per heavy atom. The van der Waals surface area contributed by atoms with Crippen LogP contribution in [-0.4, -0.2) is 19.1 Å². The van der Waals surface area contributed by atoms with Gasteiger partial charge in [0.25, 0.3) is 0 Å². The zero-order chi connectivity index (χ0) is 18.2. The third-order valence-corrected chi connectivity index (χ3v) is 4.11. The van der Waals surface area contributed by atoms with Gasteiger partial charge >= 0.3 is 0 Å². The topological polar surface area (TPSA) is 47.6 Å². The first kappa shape index (κ1) is 17.1. The van der Waals surface area contributed by atoms with Crippen LogP contribution in [0.25, 0.3) is 0 Å². The molecule has 0 fully saturated rings. The standard InChI is InChI=1S/C18H16F3NO3/c1-18(2,10-3-6-13-14(9-10)25-8-7-24-13)17(23)22-12-5-4-11(19)15(20)16(12)21/h3-6,9H,7-8H2,1-2H3,(H,22,23). The molecule has 1 aliphatic heterocycles. The average Bonchev–Trinajstić information content (AvgIpc) is 2.61. The first-order valence-electron chi connectivity index (χ1n) is 7.66. The van der Waals surface area contributed by atoms with Crippen LogP contribution in [0.2, 0.25) is 0 Å². The van der Waals surface area contributed by atoms with E-state index in [0.29, 0.717) is 30.3 Å². The van der Waals surface area contributed by atoms with Crippen LogP contribution in [0.4, 0.5) is 18.9 Å². The van der Waals surface area contributed by atoms with Gasteiger partial charge in [-0.05, 0) is 43.7 Å². The molecule has 1 N–H and O–H groups in total. The molecule has 0 spiro atoms. The number of halogens is 3. The molecule has 1 amide bonds. The van der Waals surface area contributed by atoms with Crippen LogP contribution in [0.15, 0.2) is 30.3 Å². The van der Waals surface area contributed by atoms with Crippen molar-refractivity contribution >= 4 is 11.6 Å². The van der Waals surface area contributed by atoms with Crippen molar-refractivity contribution in [1.29, 1.82) is 0 Å². The first-order valence-corrected chi connectivity index (χ1v) is 7.66. The summed E-state index contributed by atoms with van der Waals surface area (Å²) in [5.41, 5.74) is -0.889. The predicted octanol–water partition coefficient (Wildman–Crippen LogP) is 3.79. The van der Waals surface area contributed by atoms with E-state index in [2.05, 4.69) is 5.32 Å². The predicted molar refractivity (Wildman–Crippen MR) is 85.4 cm³/mol. The third kappa shape index (κ3) is 3.14. The Labute approximate surface area is 142 Å². The van der Waals surface area contributed by atoms with Crippen molar-refractivity contribution in [3.05, 3.63) is 53.3 Å². The molecule has 0 atom stereocenters. The van der Waals surface area contributed by atoms with Crippen molar-refractivity contribution in [3.63, 3.8) is 0 Å². The molecule has 132 valence electrons. The van der Waals surface area contributed by atoms with Crippen molar-refractivity contribution in [2.45, 2.75) is 19.3 Å². The number of rotatable bonds is 3. The molecule has 0 bridgehead atoms. The number of amides is 1. The molecule has 4 nitrogen and oxygen atoms in total. The molecule has 0 radical (unpaired) electrons. The molecule has 7 heteroatoms. The van der Waals surface area contributed by atoms with Crippen molar-refractivity contribution in [3.8, 4) is 11.5 Å². The van der Waals surface area contributed by atoms with E-state index >= 15 is 0 Å². The summed E-state index contributed by atoms with van der Waals surface area (Å²) < 4.78 is 51.0. The fourth-order valence-electron chi connectivity index (χ4n) is 2.46. The molecule has 1 aliphatic rings. The van der Waals surface area contributed by atoms with E-state index in [-0.39, 0.29) is 0 Å². The molecule has 0 aromatic heterocycles. The quantitative estimate of drug-likeness (QED) is 0.856. The highest BCUT2D eigenvalue weighted by molar-refractivity contribution is 5.98. The summed E-state index contributed by atoms with van der Waals surface area (Å²) in [6.45, 7) is 4.12. The highest BCUT2D eigenvalue weighted by Gasteiger charge is 2.32. The monoisotopic (exact) mass is 351 g/mol. The maximum atomic E-state index is 13.8. The van der Waals surface area contributed by atoms with Crippen molar-refractivity contribution in [2.24, 2.45) is 0 Å². The lowest BCUT2D eigenvalue weighted by molar-refractivity contribution is -0.120.